The molecule has 0 amide bonds. The van der Waals surface area contributed by atoms with Crippen LogP contribution < -0.4 is 5.73 Å². The highest BCUT2D eigenvalue weighted by molar-refractivity contribution is 5.92. The molecule has 0 aromatic heterocycles. The summed E-state index contributed by atoms with van der Waals surface area (Å²) in [5.74, 6) is -0.285. The number of hydrogen-bond donors (Lipinski definition) is 1. The van der Waals surface area contributed by atoms with Crippen molar-refractivity contribution in [3.05, 3.63) is 28.8 Å². The molecule has 2 N–H and O–H groups in total. The SMILES string of the molecule is Cc1cc(N)cc(C(=O)OCCC(C)(C)C)c1C. The van der Waals surface area contributed by atoms with E-state index in [1.807, 2.05) is 19.9 Å². The lowest BCUT2D eigenvalue weighted by Gasteiger charge is -2.18. The number of esters is 1. The van der Waals surface area contributed by atoms with Gasteiger partial charge in [0.1, 0.15) is 0 Å². The molecule has 0 bridgehead atoms. The Hall–Kier alpha value is -1.51. The second-order valence-corrected chi connectivity index (χ2v) is 5.96. The topological polar surface area (TPSA) is 52.3 Å². The molecule has 0 fully saturated rings. The zero-order chi connectivity index (χ0) is 13.9. The third kappa shape index (κ3) is 4.06. The first-order valence-corrected chi connectivity index (χ1v) is 6.24. The smallest absolute Gasteiger partial charge is 0.338 e. The van der Waals surface area contributed by atoms with Crippen LogP contribution in [-0.2, 0) is 4.74 Å². The van der Waals surface area contributed by atoms with Crippen molar-refractivity contribution in [2.24, 2.45) is 5.41 Å². The standard InChI is InChI=1S/C15H23NO2/c1-10-8-12(16)9-13(11(10)2)14(17)18-7-6-15(3,4)5/h8-9H,6-7,16H2,1-5H3. The molecule has 3 nitrogen and oxygen atoms in total. The second kappa shape index (κ2) is 5.42. The van der Waals surface area contributed by atoms with E-state index in [4.69, 9.17) is 10.5 Å². The van der Waals surface area contributed by atoms with Gasteiger partial charge < -0.3 is 10.5 Å². The minimum Gasteiger partial charge on any atom is -0.462 e. The van der Waals surface area contributed by atoms with Crippen molar-refractivity contribution < 1.29 is 9.53 Å². The van der Waals surface area contributed by atoms with Gasteiger partial charge in [-0.15, -0.1) is 0 Å². The monoisotopic (exact) mass is 249 g/mol. The highest BCUT2D eigenvalue weighted by Crippen LogP contribution is 2.21. The number of hydrogen-bond acceptors (Lipinski definition) is 3. The van der Waals surface area contributed by atoms with Crippen LogP contribution in [0.4, 0.5) is 5.69 Å². The van der Waals surface area contributed by atoms with Crippen molar-refractivity contribution >= 4 is 11.7 Å². The Labute approximate surface area is 109 Å². The second-order valence-electron chi connectivity index (χ2n) is 5.96. The summed E-state index contributed by atoms with van der Waals surface area (Å²) in [6.07, 6.45) is 0.846. The first kappa shape index (κ1) is 14.6. The van der Waals surface area contributed by atoms with E-state index < -0.39 is 0 Å². The molecule has 1 rings (SSSR count). The molecule has 0 saturated heterocycles. The van der Waals surface area contributed by atoms with Crippen molar-refractivity contribution in [2.75, 3.05) is 12.3 Å². The van der Waals surface area contributed by atoms with Gasteiger partial charge >= 0.3 is 5.97 Å². The Balaban J connectivity index is 2.73. The van der Waals surface area contributed by atoms with Crippen LogP contribution in [0.15, 0.2) is 12.1 Å². The summed E-state index contributed by atoms with van der Waals surface area (Å²) in [6, 6.07) is 3.54. The number of carbonyl (C=O) groups is 1. The molecule has 1 aromatic carbocycles. The zero-order valence-corrected chi connectivity index (χ0v) is 12.0. The summed E-state index contributed by atoms with van der Waals surface area (Å²) >= 11 is 0. The number of nitrogen functional groups attached to an aromatic ring is 1. The molecule has 0 saturated carbocycles. The van der Waals surface area contributed by atoms with Gasteiger partial charge in [-0.2, -0.15) is 0 Å². The van der Waals surface area contributed by atoms with Gasteiger partial charge in [0.05, 0.1) is 12.2 Å². The maximum absolute atomic E-state index is 12.0. The number of benzene rings is 1. The third-order valence-corrected chi connectivity index (χ3v) is 2.99. The van der Waals surface area contributed by atoms with Crippen molar-refractivity contribution in [1.82, 2.24) is 0 Å². The van der Waals surface area contributed by atoms with Gasteiger partial charge in [0.15, 0.2) is 0 Å². The average molecular weight is 249 g/mol. The Morgan fingerprint density at radius 1 is 1.28 bits per heavy atom. The van der Waals surface area contributed by atoms with Crippen molar-refractivity contribution in [1.29, 1.82) is 0 Å². The molecular weight excluding hydrogens is 226 g/mol. The van der Waals surface area contributed by atoms with Gasteiger partial charge in [-0.05, 0) is 48.9 Å². The van der Waals surface area contributed by atoms with E-state index in [1.165, 1.54) is 0 Å². The summed E-state index contributed by atoms with van der Waals surface area (Å²) in [5.41, 5.74) is 9.04. The first-order valence-electron chi connectivity index (χ1n) is 6.24. The Kier molecular flexibility index (Phi) is 4.38. The Bertz CT molecular complexity index is 445. The maximum Gasteiger partial charge on any atom is 0.338 e. The van der Waals surface area contributed by atoms with E-state index in [0.29, 0.717) is 17.9 Å². The molecule has 18 heavy (non-hydrogen) atoms. The van der Waals surface area contributed by atoms with E-state index >= 15 is 0 Å². The molecule has 0 aliphatic rings. The molecule has 1 aromatic rings. The first-order chi connectivity index (χ1) is 8.20. The van der Waals surface area contributed by atoms with E-state index in [2.05, 4.69) is 20.8 Å². The summed E-state index contributed by atoms with van der Waals surface area (Å²) in [4.78, 5) is 12.0. The minimum atomic E-state index is -0.285. The molecule has 0 spiro atoms. The summed E-state index contributed by atoms with van der Waals surface area (Å²) in [6.45, 7) is 10.7. The van der Waals surface area contributed by atoms with Gasteiger partial charge in [-0.25, -0.2) is 4.79 Å². The van der Waals surface area contributed by atoms with Gasteiger partial charge in [0.25, 0.3) is 0 Å². The normalized spacial score (nSPS) is 11.4. The lowest BCUT2D eigenvalue weighted by molar-refractivity contribution is 0.0464. The third-order valence-electron chi connectivity index (χ3n) is 2.99. The van der Waals surface area contributed by atoms with Crippen LogP contribution >= 0.6 is 0 Å². The summed E-state index contributed by atoms with van der Waals surface area (Å²) < 4.78 is 5.30. The van der Waals surface area contributed by atoms with Crippen LogP contribution in [0.1, 0.15) is 48.7 Å². The number of rotatable bonds is 3. The van der Waals surface area contributed by atoms with E-state index in [1.54, 1.807) is 6.07 Å². The molecule has 0 atom stereocenters. The molecule has 0 radical (unpaired) electrons. The highest BCUT2D eigenvalue weighted by atomic mass is 16.5. The van der Waals surface area contributed by atoms with E-state index in [9.17, 15) is 4.79 Å². The van der Waals surface area contributed by atoms with Gasteiger partial charge in [0.2, 0.25) is 0 Å². The van der Waals surface area contributed by atoms with Crippen LogP contribution in [0.2, 0.25) is 0 Å². The van der Waals surface area contributed by atoms with Gasteiger partial charge in [0, 0.05) is 5.69 Å². The number of carbonyl (C=O) groups excluding carboxylic acids is 1. The van der Waals surface area contributed by atoms with Crippen LogP contribution in [0.3, 0.4) is 0 Å². The summed E-state index contributed by atoms with van der Waals surface area (Å²) in [5, 5.41) is 0. The quantitative estimate of drug-likeness (QED) is 0.659. The average Bonchev–Trinajstić information content (AvgIpc) is 2.21. The van der Waals surface area contributed by atoms with Crippen molar-refractivity contribution in [3.63, 3.8) is 0 Å². The fourth-order valence-electron chi connectivity index (χ4n) is 1.63. The number of nitrogens with two attached hydrogens (primary N) is 1. The van der Waals surface area contributed by atoms with E-state index in [0.717, 1.165) is 17.5 Å². The fourth-order valence-corrected chi connectivity index (χ4v) is 1.63. The number of aryl methyl sites for hydroxylation is 1. The van der Waals surface area contributed by atoms with E-state index in [-0.39, 0.29) is 11.4 Å². The van der Waals surface area contributed by atoms with Gasteiger partial charge in [-0.3, -0.25) is 0 Å². The van der Waals surface area contributed by atoms with Crippen LogP contribution in [0.5, 0.6) is 0 Å². The molecular formula is C15H23NO2. The molecule has 100 valence electrons. The number of anilines is 1. The van der Waals surface area contributed by atoms with Crippen LogP contribution in [0.25, 0.3) is 0 Å². The molecule has 0 aliphatic carbocycles. The largest absolute Gasteiger partial charge is 0.462 e. The van der Waals surface area contributed by atoms with Gasteiger partial charge in [-0.1, -0.05) is 20.8 Å². The predicted molar refractivity (Wildman–Crippen MR) is 74.7 cm³/mol. The zero-order valence-electron chi connectivity index (χ0n) is 12.0. The Morgan fingerprint density at radius 3 is 2.44 bits per heavy atom. The lowest BCUT2D eigenvalue weighted by Crippen LogP contribution is -2.14. The van der Waals surface area contributed by atoms with Crippen LogP contribution in [-0.4, -0.2) is 12.6 Å². The highest BCUT2D eigenvalue weighted by Gasteiger charge is 2.15. The van der Waals surface area contributed by atoms with Crippen molar-refractivity contribution in [3.8, 4) is 0 Å². The fraction of sp³-hybridized carbons (Fsp3) is 0.533. The predicted octanol–water partition coefficient (Wildman–Crippen LogP) is 3.48. The summed E-state index contributed by atoms with van der Waals surface area (Å²) in [7, 11) is 0. The number of ether oxygens (including phenoxy) is 1. The lowest BCUT2D eigenvalue weighted by atomic mass is 9.93. The Morgan fingerprint density at radius 2 is 1.89 bits per heavy atom. The maximum atomic E-state index is 12.0. The van der Waals surface area contributed by atoms with Crippen molar-refractivity contribution in [2.45, 2.75) is 41.0 Å². The molecule has 3 heteroatoms. The molecule has 0 aliphatic heterocycles. The molecule has 0 heterocycles. The molecule has 0 unspecified atom stereocenters. The minimum absolute atomic E-state index is 0.168. The van der Waals surface area contributed by atoms with Crippen LogP contribution in [0, 0.1) is 19.3 Å².